The van der Waals surface area contributed by atoms with Crippen LogP contribution in [-0.2, 0) is 18.5 Å². The number of likely N-dealkylation sites (tertiary alicyclic amines) is 1. The molecule has 0 bridgehead atoms. The Morgan fingerprint density at radius 2 is 1.71 bits per heavy atom. The first-order valence-electron chi connectivity index (χ1n) is 6.27. The first kappa shape index (κ1) is 16.2. The molecule has 2 atom stereocenters. The maximum atomic E-state index is 12.5. The molecule has 1 saturated heterocycles. The van der Waals surface area contributed by atoms with Gasteiger partial charge in [-0.1, -0.05) is 12.1 Å². The Morgan fingerprint density at radius 3 is 2.19 bits per heavy atom. The summed E-state index contributed by atoms with van der Waals surface area (Å²) < 4.78 is 33.6. The van der Waals surface area contributed by atoms with Gasteiger partial charge in [0.15, 0.2) is 0 Å². The minimum Gasteiger partial charge on any atom is -0.377 e. The highest BCUT2D eigenvalue weighted by molar-refractivity contribution is 8.13. The number of carbonyl (C=O) groups is 1. The van der Waals surface area contributed by atoms with Crippen LogP contribution >= 0.6 is 10.7 Å². The van der Waals surface area contributed by atoms with Crippen LogP contribution in [0.1, 0.15) is 10.4 Å². The second kappa shape index (κ2) is 6.31. The van der Waals surface area contributed by atoms with Crippen molar-refractivity contribution in [2.45, 2.75) is 17.1 Å². The molecule has 116 valence electrons. The molecule has 6 nitrogen and oxygen atoms in total. The monoisotopic (exact) mass is 333 g/mol. The third kappa shape index (κ3) is 3.37. The number of halogens is 1. The highest BCUT2D eigenvalue weighted by atomic mass is 35.7. The molecule has 0 radical (unpaired) electrons. The molecular formula is C13H16ClNO5S. The molecule has 1 amide bonds. The second-order valence-corrected chi connectivity index (χ2v) is 7.23. The normalized spacial score (nSPS) is 22.5. The third-order valence-corrected chi connectivity index (χ3v) is 4.87. The third-order valence-electron chi connectivity index (χ3n) is 3.49. The van der Waals surface area contributed by atoms with Crippen molar-refractivity contribution in [1.29, 1.82) is 0 Å². The summed E-state index contributed by atoms with van der Waals surface area (Å²) in [5, 5.41) is 0. The number of amides is 1. The molecule has 2 rings (SSSR count). The average Bonchev–Trinajstić information content (AvgIpc) is 2.89. The van der Waals surface area contributed by atoms with Crippen LogP contribution in [0, 0.1) is 0 Å². The van der Waals surface area contributed by atoms with E-state index in [1.54, 1.807) is 20.3 Å². The van der Waals surface area contributed by atoms with Crippen LogP contribution in [0.25, 0.3) is 0 Å². The van der Waals surface area contributed by atoms with Crippen molar-refractivity contribution in [3.05, 3.63) is 29.8 Å². The Balaban J connectivity index is 2.30. The van der Waals surface area contributed by atoms with Crippen molar-refractivity contribution >= 4 is 25.6 Å². The predicted molar refractivity (Wildman–Crippen MR) is 77.0 cm³/mol. The summed E-state index contributed by atoms with van der Waals surface area (Å²) in [5.41, 5.74) is 0.0547. The van der Waals surface area contributed by atoms with Gasteiger partial charge in [-0.3, -0.25) is 4.79 Å². The van der Waals surface area contributed by atoms with Gasteiger partial charge in [0.25, 0.3) is 15.0 Å². The molecule has 1 aromatic carbocycles. The zero-order valence-corrected chi connectivity index (χ0v) is 13.2. The summed E-state index contributed by atoms with van der Waals surface area (Å²) in [6.45, 7) is 0.676. The fraction of sp³-hybridized carbons (Fsp3) is 0.462. The highest BCUT2D eigenvalue weighted by Crippen LogP contribution is 2.24. The number of hydrogen-bond acceptors (Lipinski definition) is 5. The van der Waals surface area contributed by atoms with E-state index < -0.39 is 15.0 Å². The van der Waals surface area contributed by atoms with Crippen LogP contribution < -0.4 is 0 Å². The zero-order valence-electron chi connectivity index (χ0n) is 11.7. The van der Waals surface area contributed by atoms with Crippen molar-refractivity contribution in [2.24, 2.45) is 0 Å². The predicted octanol–water partition coefficient (Wildman–Crippen LogP) is 1.10. The van der Waals surface area contributed by atoms with E-state index in [2.05, 4.69) is 0 Å². The van der Waals surface area contributed by atoms with Gasteiger partial charge in [-0.2, -0.15) is 0 Å². The van der Waals surface area contributed by atoms with E-state index in [0.717, 1.165) is 0 Å². The Labute approximate surface area is 128 Å². The molecule has 1 fully saturated rings. The van der Waals surface area contributed by atoms with E-state index in [0.29, 0.717) is 13.1 Å². The van der Waals surface area contributed by atoms with Gasteiger partial charge in [0.1, 0.15) is 12.2 Å². The summed E-state index contributed by atoms with van der Waals surface area (Å²) in [7, 11) is 4.48. The molecule has 0 aromatic heterocycles. The Bertz CT molecular complexity index is 621. The summed E-state index contributed by atoms with van der Waals surface area (Å²) >= 11 is 0. The van der Waals surface area contributed by atoms with Gasteiger partial charge in [0.05, 0.1) is 10.5 Å². The zero-order chi connectivity index (χ0) is 15.6. The number of nitrogens with zero attached hydrogens (tertiary/aromatic N) is 1. The molecule has 1 heterocycles. The molecule has 0 saturated carbocycles. The van der Waals surface area contributed by atoms with Crippen LogP contribution in [0.2, 0.25) is 0 Å². The van der Waals surface area contributed by atoms with Crippen molar-refractivity contribution in [3.63, 3.8) is 0 Å². The largest absolute Gasteiger partial charge is 0.377 e. The molecule has 0 aliphatic carbocycles. The molecule has 21 heavy (non-hydrogen) atoms. The van der Waals surface area contributed by atoms with Crippen molar-refractivity contribution < 1.29 is 22.7 Å². The first-order chi connectivity index (χ1) is 9.88. The summed E-state index contributed by atoms with van der Waals surface area (Å²) in [4.78, 5) is 13.8. The van der Waals surface area contributed by atoms with Gasteiger partial charge < -0.3 is 14.4 Å². The number of ether oxygens (including phenoxy) is 2. The molecule has 8 heteroatoms. The summed E-state index contributed by atoms with van der Waals surface area (Å²) in [6, 6.07) is 5.87. The van der Waals surface area contributed by atoms with E-state index in [1.165, 1.54) is 23.1 Å². The first-order valence-corrected chi connectivity index (χ1v) is 8.58. The smallest absolute Gasteiger partial charge is 0.262 e. The maximum Gasteiger partial charge on any atom is 0.262 e. The quantitative estimate of drug-likeness (QED) is 0.771. The van der Waals surface area contributed by atoms with E-state index >= 15 is 0 Å². The van der Waals surface area contributed by atoms with Crippen LogP contribution in [0.5, 0.6) is 0 Å². The molecule has 1 aliphatic rings. The minimum atomic E-state index is -3.98. The van der Waals surface area contributed by atoms with Gasteiger partial charge >= 0.3 is 0 Å². The summed E-state index contributed by atoms with van der Waals surface area (Å²) in [5.74, 6) is -0.406. The van der Waals surface area contributed by atoms with Gasteiger partial charge in [0, 0.05) is 38.0 Å². The lowest BCUT2D eigenvalue weighted by molar-refractivity contribution is -0.00461. The Hall–Kier alpha value is -1.15. The molecule has 1 aliphatic heterocycles. The van der Waals surface area contributed by atoms with E-state index in [9.17, 15) is 13.2 Å². The fourth-order valence-corrected chi connectivity index (χ4v) is 3.45. The molecule has 2 unspecified atom stereocenters. The van der Waals surface area contributed by atoms with Crippen LogP contribution in [-0.4, -0.2) is 58.7 Å². The van der Waals surface area contributed by atoms with Crippen molar-refractivity contribution in [2.75, 3.05) is 27.3 Å². The van der Waals surface area contributed by atoms with Gasteiger partial charge in [-0.15, -0.1) is 0 Å². The second-order valence-electron chi connectivity index (χ2n) is 4.69. The molecular weight excluding hydrogens is 318 g/mol. The Morgan fingerprint density at radius 1 is 1.19 bits per heavy atom. The highest BCUT2D eigenvalue weighted by Gasteiger charge is 2.37. The molecule has 1 aromatic rings. The van der Waals surface area contributed by atoms with Gasteiger partial charge in [-0.25, -0.2) is 8.42 Å². The molecule has 0 spiro atoms. The fourth-order valence-electron chi connectivity index (χ4n) is 2.39. The molecule has 0 N–H and O–H groups in total. The van der Waals surface area contributed by atoms with Gasteiger partial charge in [-0.05, 0) is 12.1 Å². The van der Waals surface area contributed by atoms with Crippen molar-refractivity contribution in [1.82, 2.24) is 4.90 Å². The van der Waals surface area contributed by atoms with Crippen LogP contribution in [0.3, 0.4) is 0 Å². The van der Waals surface area contributed by atoms with E-state index in [-0.39, 0.29) is 22.7 Å². The number of benzene rings is 1. The van der Waals surface area contributed by atoms with Crippen molar-refractivity contribution in [3.8, 4) is 0 Å². The number of carbonyl (C=O) groups excluding carboxylic acids is 1. The SMILES string of the molecule is COC1CN(C(=O)c2ccccc2S(=O)(=O)Cl)CC1OC. The van der Waals surface area contributed by atoms with E-state index in [4.69, 9.17) is 20.2 Å². The van der Waals surface area contributed by atoms with E-state index in [1.807, 2.05) is 0 Å². The lowest BCUT2D eigenvalue weighted by atomic mass is 10.2. The van der Waals surface area contributed by atoms with Crippen LogP contribution in [0.4, 0.5) is 0 Å². The number of hydrogen-bond donors (Lipinski definition) is 0. The minimum absolute atomic E-state index is 0.0547. The average molecular weight is 334 g/mol. The maximum absolute atomic E-state index is 12.5. The summed E-state index contributed by atoms with van der Waals surface area (Å²) in [6.07, 6.45) is -0.475. The van der Waals surface area contributed by atoms with Crippen LogP contribution in [0.15, 0.2) is 29.2 Å². The number of rotatable bonds is 4. The lowest BCUT2D eigenvalue weighted by Crippen LogP contribution is -2.31. The Kier molecular flexibility index (Phi) is 4.88. The number of methoxy groups -OCH3 is 2. The topological polar surface area (TPSA) is 72.9 Å². The van der Waals surface area contributed by atoms with Gasteiger partial charge in [0.2, 0.25) is 0 Å². The standard InChI is InChI=1S/C13H16ClNO5S/c1-19-10-7-15(8-11(10)20-2)13(16)9-5-3-4-6-12(9)21(14,17)18/h3-6,10-11H,7-8H2,1-2H3. The lowest BCUT2D eigenvalue weighted by Gasteiger charge is -2.17.